The molecule has 1 fully saturated rings. The number of amides is 4. The van der Waals surface area contributed by atoms with Crippen LogP contribution in [0.5, 0.6) is 0 Å². The fourth-order valence-corrected chi connectivity index (χ4v) is 4.90. The van der Waals surface area contributed by atoms with Crippen molar-refractivity contribution in [3.63, 3.8) is 0 Å². The van der Waals surface area contributed by atoms with E-state index in [1.54, 1.807) is 12.1 Å². The van der Waals surface area contributed by atoms with Gasteiger partial charge in [-0.3, -0.25) is 24.1 Å². The van der Waals surface area contributed by atoms with E-state index in [1.165, 1.54) is 4.90 Å². The summed E-state index contributed by atoms with van der Waals surface area (Å²) < 4.78 is 0. The Hall–Kier alpha value is -3.22. The van der Waals surface area contributed by atoms with Crippen LogP contribution in [-0.4, -0.2) is 47.2 Å². The summed E-state index contributed by atoms with van der Waals surface area (Å²) in [6.45, 7) is 2.54. The molecule has 7 nitrogen and oxygen atoms in total. The van der Waals surface area contributed by atoms with E-state index in [0.29, 0.717) is 42.3 Å². The number of nitrogens with zero attached hydrogens (tertiary/aromatic N) is 1. The molecule has 1 aliphatic carbocycles. The van der Waals surface area contributed by atoms with Gasteiger partial charge in [-0.1, -0.05) is 43.5 Å². The second-order valence-electron chi connectivity index (χ2n) is 8.63. The maximum Gasteiger partial charge on any atom is 0.261 e. The Morgan fingerprint density at radius 3 is 2.19 bits per heavy atom. The van der Waals surface area contributed by atoms with Gasteiger partial charge < -0.3 is 10.6 Å². The van der Waals surface area contributed by atoms with Crippen LogP contribution in [-0.2, 0) is 9.59 Å². The zero-order valence-corrected chi connectivity index (χ0v) is 18.4. The molecule has 0 unspecified atom stereocenters. The molecular weight excluding hydrogens is 406 g/mol. The average Bonchev–Trinajstić information content (AvgIpc) is 2.80. The highest BCUT2D eigenvalue weighted by molar-refractivity contribution is 6.25. The predicted molar refractivity (Wildman–Crippen MR) is 121 cm³/mol. The number of benzene rings is 2. The van der Waals surface area contributed by atoms with Gasteiger partial charge in [0.05, 0.1) is 0 Å². The highest BCUT2D eigenvalue weighted by atomic mass is 16.2. The third-order valence-electron chi connectivity index (χ3n) is 6.50. The topological polar surface area (TPSA) is 95.6 Å². The van der Waals surface area contributed by atoms with E-state index >= 15 is 0 Å². The molecule has 1 saturated carbocycles. The summed E-state index contributed by atoms with van der Waals surface area (Å²) >= 11 is 0. The summed E-state index contributed by atoms with van der Waals surface area (Å²) in [6.07, 6.45) is 4.61. The standard InChI is InChI=1S/C25H29N3O4/c1-2-26-24(32)25(14-4-3-5-15-25)27-20(29)13-8-16-28-22(30)18-11-6-9-17-10-7-12-19(21(17)18)23(28)31/h6-7,9-12H,2-5,8,13-16H2,1H3,(H,26,32)(H,27,29). The monoisotopic (exact) mass is 435 g/mol. The maximum atomic E-state index is 13.0. The van der Waals surface area contributed by atoms with E-state index < -0.39 is 5.54 Å². The summed E-state index contributed by atoms with van der Waals surface area (Å²) in [7, 11) is 0. The number of hydrogen-bond acceptors (Lipinski definition) is 4. The summed E-state index contributed by atoms with van der Waals surface area (Å²) in [6, 6.07) is 10.9. The van der Waals surface area contributed by atoms with E-state index in [4.69, 9.17) is 0 Å². The second-order valence-corrected chi connectivity index (χ2v) is 8.63. The summed E-state index contributed by atoms with van der Waals surface area (Å²) in [5.41, 5.74) is 0.176. The van der Waals surface area contributed by atoms with Gasteiger partial charge in [0.25, 0.3) is 11.8 Å². The van der Waals surface area contributed by atoms with E-state index in [2.05, 4.69) is 10.6 Å². The van der Waals surface area contributed by atoms with Crippen molar-refractivity contribution in [1.82, 2.24) is 15.5 Å². The number of carbonyl (C=O) groups excluding carboxylic acids is 4. The Balaban J connectivity index is 1.41. The molecule has 1 heterocycles. The normalized spacial score (nSPS) is 17.3. The van der Waals surface area contributed by atoms with Gasteiger partial charge in [-0.2, -0.15) is 0 Å². The van der Waals surface area contributed by atoms with Gasteiger partial charge in [-0.05, 0) is 43.7 Å². The average molecular weight is 436 g/mol. The molecule has 168 valence electrons. The number of carbonyl (C=O) groups is 4. The highest BCUT2D eigenvalue weighted by Gasteiger charge is 2.40. The van der Waals surface area contributed by atoms with Gasteiger partial charge in [0.2, 0.25) is 11.8 Å². The van der Waals surface area contributed by atoms with Crippen molar-refractivity contribution in [3.05, 3.63) is 47.5 Å². The van der Waals surface area contributed by atoms with Crippen molar-refractivity contribution in [1.29, 1.82) is 0 Å². The number of rotatable bonds is 7. The Morgan fingerprint density at radius 1 is 0.969 bits per heavy atom. The van der Waals surface area contributed by atoms with Gasteiger partial charge in [-0.15, -0.1) is 0 Å². The lowest BCUT2D eigenvalue weighted by atomic mass is 9.80. The van der Waals surface area contributed by atoms with Crippen LogP contribution in [0.3, 0.4) is 0 Å². The first-order valence-corrected chi connectivity index (χ1v) is 11.4. The Bertz CT molecular complexity index is 1020. The van der Waals surface area contributed by atoms with Crippen LogP contribution < -0.4 is 10.6 Å². The quantitative estimate of drug-likeness (QED) is 0.653. The number of likely N-dealkylation sites (N-methyl/N-ethyl adjacent to an activating group) is 1. The van der Waals surface area contributed by atoms with Crippen molar-refractivity contribution >= 4 is 34.4 Å². The minimum atomic E-state index is -0.851. The third kappa shape index (κ3) is 3.99. The Kier molecular flexibility index (Phi) is 6.26. The van der Waals surface area contributed by atoms with Gasteiger partial charge >= 0.3 is 0 Å². The fourth-order valence-electron chi connectivity index (χ4n) is 4.90. The lowest BCUT2D eigenvalue weighted by molar-refractivity contribution is -0.135. The van der Waals surface area contributed by atoms with E-state index in [9.17, 15) is 19.2 Å². The molecule has 7 heteroatoms. The number of imide groups is 1. The van der Waals surface area contributed by atoms with Gasteiger partial charge in [0, 0.05) is 36.0 Å². The van der Waals surface area contributed by atoms with E-state index in [-0.39, 0.29) is 36.6 Å². The van der Waals surface area contributed by atoms with Crippen LogP contribution in [0.4, 0.5) is 0 Å². The largest absolute Gasteiger partial charge is 0.354 e. The fraction of sp³-hybridized carbons (Fsp3) is 0.440. The lowest BCUT2D eigenvalue weighted by Gasteiger charge is -2.36. The van der Waals surface area contributed by atoms with E-state index in [1.807, 2.05) is 31.2 Å². The molecule has 4 rings (SSSR count). The molecule has 2 N–H and O–H groups in total. The zero-order valence-electron chi connectivity index (χ0n) is 18.4. The Morgan fingerprint density at radius 2 is 1.59 bits per heavy atom. The molecule has 0 spiro atoms. The van der Waals surface area contributed by atoms with Crippen LogP contribution in [0.2, 0.25) is 0 Å². The molecule has 2 aromatic rings. The SMILES string of the molecule is CCNC(=O)C1(NC(=O)CCCN2C(=O)c3cccc4cccc(c34)C2=O)CCCCC1. The van der Waals surface area contributed by atoms with Crippen LogP contribution in [0, 0.1) is 0 Å². The van der Waals surface area contributed by atoms with Crippen LogP contribution in [0.1, 0.15) is 72.6 Å². The van der Waals surface area contributed by atoms with Crippen LogP contribution in [0.25, 0.3) is 10.8 Å². The maximum absolute atomic E-state index is 13.0. The molecule has 2 aliphatic rings. The van der Waals surface area contributed by atoms with Crippen molar-refractivity contribution < 1.29 is 19.2 Å². The third-order valence-corrected chi connectivity index (χ3v) is 6.50. The van der Waals surface area contributed by atoms with Gasteiger partial charge in [0.15, 0.2) is 0 Å². The molecule has 1 aliphatic heterocycles. The molecule has 0 aromatic heterocycles. The van der Waals surface area contributed by atoms with Crippen molar-refractivity contribution in [2.45, 2.75) is 57.4 Å². The summed E-state index contributed by atoms with van der Waals surface area (Å²) in [5.74, 6) is -1.01. The molecule has 2 aromatic carbocycles. The van der Waals surface area contributed by atoms with E-state index in [0.717, 1.165) is 24.6 Å². The zero-order chi connectivity index (χ0) is 22.7. The minimum Gasteiger partial charge on any atom is -0.354 e. The predicted octanol–water partition coefficient (Wildman–Crippen LogP) is 3.17. The minimum absolute atomic E-state index is 0.126. The molecular formula is C25H29N3O4. The number of hydrogen-bond donors (Lipinski definition) is 2. The summed E-state index contributed by atoms with van der Waals surface area (Å²) in [5, 5.41) is 7.38. The van der Waals surface area contributed by atoms with Crippen molar-refractivity contribution in [2.75, 3.05) is 13.1 Å². The lowest BCUT2D eigenvalue weighted by Crippen LogP contribution is -2.59. The van der Waals surface area contributed by atoms with Crippen molar-refractivity contribution in [2.24, 2.45) is 0 Å². The van der Waals surface area contributed by atoms with Crippen LogP contribution in [0.15, 0.2) is 36.4 Å². The molecule has 0 atom stereocenters. The molecule has 0 radical (unpaired) electrons. The van der Waals surface area contributed by atoms with Gasteiger partial charge in [0.1, 0.15) is 5.54 Å². The molecule has 4 amide bonds. The number of nitrogens with one attached hydrogen (secondary N) is 2. The van der Waals surface area contributed by atoms with Crippen molar-refractivity contribution in [3.8, 4) is 0 Å². The highest BCUT2D eigenvalue weighted by Crippen LogP contribution is 2.31. The first-order valence-electron chi connectivity index (χ1n) is 11.4. The molecule has 32 heavy (non-hydrogen) atoms. The Labute approximate surface area is 187 Å². The summed E-state index contributed by atoms with van der Waals surface area (Å²) in [4.78, 5) is 52.5. The second kappa shape index (κ2) is 9.10. The molecule has 0 bridgehead atoms. The van der Waals surface area contributed by atoms with Gasteiger partial charge in [-0.25, -0.2) is 0 Å². The smallest absolute Gasteiger partial charge is 0.261 e. The first kappa shape index (κ1) is 22.0. The van der Waals surface area contributed by atoms with Crippen LogP contribution >= 0.6 is 0 Å². The molecule has 0 saturated heterocycles. The first-order chi connectivity index (χ1) is 15.5.